The van der Waals surface area contributed by atoms with Gasteiger partial charge >= 0.3 is 0 Å². The Balaban J connectivity index is 0.947. The molecule has 0 aromatic heterocycles. The molecule has 0 bridgehead atoms. The molecule has 3 spiro atoms. The number of ether oxygens (including phenoxy) is 1. The third-order valence-corrected chi connectivity index (χ3v) is 19.6. The lowest BCUT2D eigenvalue weighted by atomic mass is 9.66. The third kappa shape index (κ3) is 5.07. The zero-order valence-corrected chi connectivity index (χ0v) is 43.1. The number of rotatable bonds is 3. The summed E-state index contributed by atoms with van der Waals surface area (Å²) in [6, 6.07) is 103. The molecule has 0 saturated heterocycles. The molecule has 0 N–H and O–H groups in total. The van der Waals surface area contributed by atoms with E-state index < -0.39 is 16.2 Å². The zero-order valence-electron chi connectivity index (χ0n) is 42.2. The van der Waals surface area contributed by atoms with E-state index >= 15 is 0 Å². The second-order valence-corrected chi connectivity index (χ2v) is 22.7. The molecule has 6 aliphatic rings. The van der Waals surface area contributed by atoms with Gasteiger partial charge in [0.05, 0.1) is 21.9 Å². The monoisotopic (exact) mass is 1010 g/mol. The first-order chi connectivity index (χ1) is 38.7. The SMILES string of the molecule is c1ccc2c(c1)Oc1ccccc1C21c2ccccc2-c2cc(N(c3ccc4c(c3)C3(c5ccccc5-c5ccccc53)c3ccccc3-4)c3cccc4c3-c3ccccc3C43c4ccccc4Sc4ccccc43)ccc21. The molecule has 0 fully saturated rings. The summed E-state index contributed by atoms with van der Waals surface area (Å²) >= 11 is 1.89. The van der Waals surface area contributed by atoms with E-state index in [2.05, 4.69) is 278 Å². The molecular weight excluding hydrogens is 963 g/mol. The van der Waals surface area contributed by atoms with Crippen molar-refractivity contribution in [2.45, 2.75) is 26.0 Å². The van der Waals surface area contributed by atoms with Gasteiger partial charge in [0.15, 0.2) is 0 Å². The molecule has 2 heterocycles. The van der Waals surface area contributed by atoms with Crippen LogP contribution in [0, 0.1) is 0 Å². The van der Waals surface area contributed by atoms with Crippen molar-refractivity contribution in [3.8, 4) is 56.0 Å². The van der Waals surface area contributed by atoms with Gasteiger partial charge in [-0.3, -0.25) is 0 Å². The van der Waals surface area contributed by atoms with Gasteiger partial charge in [0, 0.05) is 37.9 Å². The predicted octanol–water partition coefficient (Wildman–Crippen LogP) is 18.8. The zero-order chi connectivity index (χ0) is 50.9. The fourth-order valence-corrected chi connectivity index (χ4v) is 16.9. The average Bonchev–Trinajstić information content (AvgIpc) is 4.38. The Bertz CT molecular complexity index is 4470. The average molecular weight is 1010 g/mol. The number of hydrogen-bond donors (Lipinski definition) is 0. The van der Waals surface area contributed by atoms with Crippen molar-refractivity contribution < 1.29 is 4.74 Å². The highest BCUT2D eigenvalue weighted by atomic mass is 32.2. The van der Waals surface area contributed by atoms with Gasteiger partial charge in [-0.05, 0) is 149 Å². The lowest BCUT2D eigenvalue weighted by Gasteiger charge is -2.40. The van der Waals surface area contributed by atoms with Gasteiger partial charge in [-0.15, -0.1) is 0 Å². The molecule has 0 unspecified atom stereocenters. The molecule has 78 heavy (non-hydrogen) atoms. The Morgan fingerprint density at radius 2 is 0.628 bits per heavy atom. The fraction of sp³-hybridized carbons (Fsp3) is 0.0400. The summed E-state index contributed by atoms with van der Waals surface area (Å²) in [5.74, 6) is 1.79. The van der Waals surface area contributed by atoms with Crippen molar-refractivity contribution in [1.29, 1.82) is 0 Å². The van der Waals surface area contributed by atoms with E-state index in [1.807, 2.05) is 11.8 Å². The Labute approximate surface area is 457 Å². The van der Waals surface area contributed by atoms with Crippen LogP contribution in [0.1, 0.15) is 66.8 Å². The maximum Gasteiger partial charge on any atom is 0.132 e. The second-order valence-electron chi connectivity index (χ2n) is 21.7. The number of nitrogens with zero attached hydrogens (tertiary/aromatic N) is 1. The molecule has 4 aliphatic carbocycles. The molecule has 18 rings (SSSR count). The molecule has 0 amide bonds. The molecule has 3 heteroatoms. The highest BCUT2D eigenvalue weighted by Crippen LogP contribution is 2.68. The first-order valence-corrected chi connectivity index (χ1v) is 28.0. The van der Waals surface area contributed by atoms with Crippen molar-refractivity contribution in [1.82, 2.24) is 0 Å². The highest BCUT2D eigenvalue weighted by Gasteiger charge is 2.55. The summed E-state index contributed by atoms with van der Waals surface area (Å²) in [4.78, 5) is 5.20. The third-order valence-electron chi connectivity index (χ3n) is 18.4. The van der Waals surface area contributed by atoms with Crippen LogP contribution in [0.2, 0.25) is 0 Å². The van der Waals surface area contributed by atoms with E-state index in [1.165, 1.54) is 110 Å². The first kappa shape index (κ1) is 42.8. The molecule has 0 saturated carbocycles. The lowest BCUT2D eigenvalue weighted by molar-refractivity contribution is 0.436. The van der Waals surface area contributed by atoms with E-state index in [-0.39, 0.29) is 0 Å². The van der Waals surface area contributed by atoms with Gasteiger partial charge in [-0.2, -0.15) is 0 Å². The molecule has 12 aromatic carbocycles. The summed E-state index contributed by atoms with van der Waals surface area (Å²) in [6.07, 6.45) is 0. The minimum absolute atomic E-state index is 0.517. The highest BCUT2D eigenvalue weighted by molar-refractivity contribution is 7.99. The lowest BCUT2D eigenvalue weighted by Crippen LogP contribution is -2.32. The minimum Gasteiger partial charge on any atom is -0.457 e. The molecular formula is C75H45NOS. The normalized spacial score (nSPS) is 15.3. The Morgan fingerprint density at radius 1 is 0.256 bits per heavy atom. The van der Waals surface area contributed by atoms with Crippen LogP contribution < -0.4 is 9.64 Å². The molecule has 0 radical (unpaired) electrons. The topological polar surface area (TPSA) is 12.5 Å². The first-order valence-electron chi connectivity index (χ1n) is 27.2. The van der Waals surface area contributed by atoms with Crippen LogP contribution in [-0.4, -0.2) is 0 Å². The van der Waals surface area contributed by atoms with Crippen molar-refractivity contribution in [2.24, 2.45) is 0 Å². The Kier molecular flexibility index (Phi) is 8.43. The quantitative estimate of drug-likeness (QED) is 0.175. The summed E-state index contributed by atoms with van der Waals surface area (Å²) in [5, 5.41) is 0. The van der Waals surface area contributed by atoms with Crippen LogP contribution in [0.15, 0.2) is 283 Å². The van der Waals surface area contributed by atoms with E-state index in [0.29, 0.717) is 0 Å². The standard InChI is InChI=1S/C75H45NOS/c1-6-25-55-48(20-1)49-21-2-7-26-56(49)73(55)57-27-8-3-22-50(57)52-42-40-47(45-66(52)73)76(46-41-43-60-54(44-46)51-23-4-9-28-58(51)74(60)61-30-11-15-36-68(61)77-69-37-16-12-31-62(69)74)67-35-19-34-65-72(67)53-24-5-10-29-59(53)75(65)63-32-13-17-38-70(63)78-71-39-18-14-33-64(71)75/h1-45H. The summed E-state index contributed by atoms with van der Waals surface area (Å²) in [6.45, 7) is 0. The van der Waals surface area contributed by atoms with Gasteiger partial charge in [0.1, 0.15) is 11.5 Å². The second kappa shape index (κ2) is 15.4. The summed E-state index contributed by atoms with van der Waals surface area (Å²) in [7, 11) is 0. The van der Waals surface area contributed by atoms with Gasteiger partial charge in [0.2, 0.25) is 0 Å². The number of anilines is 3. The van der Waals surface area contributed by atoms with Crippen LogP contribution in [0.4, 0.5) is 17.1 Å². The maximum atomic E-state index is 6.77. The van der Waals surface area contributed by atoms with E-state index in [9.17, 15) is 0 Å². The molecule has 0 atom stereocenters. The summed E-state index contributed by atoms with van der Waals surface area (Å²) < 4.78 is 6.77. The molecule has 2 nitrogen and oxygen atoms in total. The van der Waals surface area contributed by atoms with Crippen LogP contribution >= 0.6 is 11.8 Å². The largest absolute Gasteiger partial charge is 0.457 e. The minimum atomic E-state index is -0.588. The van der Waals surface area contributed by atoms with E-state index in [0.717, 1.165) is 39.7 Å². The molecule has 362 valence electrons. The van der Waals surface area contributed by atoms with Crippen molar-refractivity contribution in [3.05, 3.63) is 340 Å². The van der Waals surface area contributed by atoms with Gasteiger partial charge in [0.25, 0.3) is 0 Å². The summed E-state index contributed by atoms with van der Waals surface area (Å²) in [5.41, 5.74) is 27.3. The number of para-hydroxylation sites is 2. The van der Waals surface area contributed by atoms with Crippen LogP contribution in [0.25, 0.3) is 44.5 Å². The van der Waals surface area contributed by atoms with Crippen LogP contribution in [0.5, 0.6) is 11.5 Å². The Hall–Kier alpha value is -9.41. The van der Waals surface area contributed by atoms with Crippen LogP contribution in [0.3, 0.4) is 0 Å². The van der Waals surface area contributed by atoms with E-state index in [4.69, 9.17) is 4.74 Å². The van der Waals surface area contributed by atoms with Crippen molar-refractivity contribution in [3.63, 3.8) is 0 Å². The van der Waals surface area contributed by atoms with Crippen molar-refractivity contribution >= 4 is 28.8 Å². The Morgan fingerprint density at radius 3 is 1.19 bits per heavy atom. The van der Waals surface area contributed by atoms with Crippen LogP contribution in [-0.2, 0) is 16.2 Å². The maximum absolute atomic E-state index is 6.77. The molecule has 2 aliphatic heterocycles. The van der Waals surface area contributed by atoms with Gasteiger partial charge < -0.3 is 9.64 Å². The smallest absolute Gasteiger partial charge is 0.132 e. The predicted molar refractivity (Wildman–Crippen MR) is 316 cm³/mol. The van der Waals surface area contributed by atoms with E-state index in [1.54, 1.807) is 0 Å². The number of benzene rings is 12. The number of hydrogen-bond acceptors (Lipinski definition) is 3. The number of fused-ring (bicyclic) bond motifs is 28. The van der Waals surface area contributed by atoms with Gasteiger partial charge in [-0.1, -0.05) is 230 Å². The molecule has 12 aromatic rings. The fourth-order valence-electron chi connectivity index (χ4n) is 15.7. The van der Waals surface area contributed by atoms with Crippen molar-refractivity contribution in [2.75, 3.05) is 4.90 Å². The van der Waals surface area contributed by atoms with Gasteiger partial charge in [-0.25, -0.2) is 0 Å².